The van der Waals surface area contributed by atoms with Crippen LogP contribution in [0.25, 0.3) is 0 Å². The second-order valence-corrected chi connectivity index (χ2v) is 4.57. The molecule has 1 amide bonds. The summed E-state index contributed by atoms with van der Waals surface area (Å²) in [6.07, 6.45) is 3.34. The van der Waals surface area contributed by atoms with Crippen LogP contribution in [-0.2, 0) is 0 Å². The third kappa shape index (κ3) is 3.78. The number of aromatic nitrogens is 2. The summed E-state index contributed by atoms with van der Waals surface area (Å²) in [4.78, 5) is 20.1. The molecule has 0 unspecified atom stereocenters. The standard InChI is InChI=1S/C15H18N4O/c1-11-4-5-13(12(2)10-11)14(20)16-8-9-19-15-17-6-3-7-18-15/h3-7,10H,8-9H2,1-2H3,(H,16,20)(H,17,18,19). The van der Waals surface area contributed by atoms with Crippen LogP contribution in [0.5, 0.6) is 0 Å². The van der Waals surface area contributed by atoms with E-state index in [0.717, 1.165) is 11.1 Å². The molecule has 0 aliphatic carbocycles. The molecular weight excluding hydrogens is 252 g/mol. The SMILES string of the molecule is Cc1ccc(C(=O)NCCNc2ncccn2)c(C)c1. The van der Waals surface area contributed by atoms with Gasteiger partial charge in [0.25, 0.3) is 5.91 Å². The first-order chi connectivity index (χ1) is 9.66. The van der Waals surface area contributed by atoms with Crippen LogP contribution in [0.15, 0.2) is 36.7 Å². The summed E-state index contributed by atoms with van der Waals surface area (Å²) >= 11 is 0. The van der Waals surface area contributed by atoms with E-state index < -0.39 is 0 Å². The lowest BCUT2D eigenvalue weighted by Gasteiger charge is -2.09. The number of aryl methyl sites for hydroxylation is 2. The Kier molecular flexibility index (Phi) is 4.65. The molecule has 0 fully saturated rings. The monoisotopic (exact) mass is 270 g/mol. The number of carbonyl (C=O) groups excluding carboxylic acids is 1. The van der Waals surface area contributed by atoms with E-state index in [1.54, 1.807) is 18.5 Å². The van der Waals surface area contributed by atoms with Crippen molar-refractivity contribution in [1.82, 2.24) is 15.3 Å². The molecule has 0 saturated heterocycles. The second kappa shape index (κ2) is 6.65. The fourth-order valence-corrected chi connectivity index (χ4v) is 1.90. The third-order valence-electron chi connectivity index (χ3n) is 2.89. The van der Waals surface area contributed by atoms with E-state index in [9.17, 15) is 4.79 Å². The van der Waals surface area contributed by atoms with E-state index in [4.69, 9.17) is 0 Å². The van der Waals surface area contributed by atoms with Crippen LogP contribution in [0.2, 0.25) is 0 Å². The smallest absolute Gasteiger partial charge is 0.251 e. The normalized spacial score (nSPS) is 10.1. The molecule has 0 bridgehead atoms. The fourth-order valence-electron chi connectivity index (χ4n) is 1.90. The van der Waals surface area contributed by atoms with Gasteiger partial charge in [-0.2, -0.15) is 0 Å². The van der Waals surface area contributed by atoms with Crippen molar-refractivity contribution in [2.45, 2.75) is 13.8 Å². The number of hydrogen-bond acceptors (Lipinski definition) is 4. The molecule has 2 N–H and O–H groups in total. The average Bonchev–Trinajstić information content (AvgIpc) is 2.44. The lowest BCUT2D eigenvalue weighted by atomic mass is 10.1. The number of nitrogens with zero attached hydrogens (tertiary/aromatic N) is 2. The minimum Gasteiger partial charge on any atom is -0.352 e. The Morgan fingerprint density at radius 3 is 2.60 bits per heavy atom. The number of anilines is 1. The number of nitrogens with one attached hydrogen (secondary N) is 2. The molecule has 0 saturated carbocycles. The Balaban J connectivity index is 1.80. The van der Waals surface area contributed by atoms with E-state index in [1.165, 1.54) is 0 Å². The minimum atomic E-state index is -0.0571. The summed E-state index contributed by atoms with van der Waals surface area (Å²) in [7, 11) is 0. The summed E-state index contributed by atoms with van der Waals surface area (Å²) < 4.78 is 0. The maximum Gasteiger partial charge on any atom is 0.251 e. The van der Waals surface area contributed by atoms with Crippen LogP contribution in [0.4, 0.5) is 5.95 Å². The molecular formula is C15H18N4O. The Labute approximate surface area is 118 Å². The molecule has 0 atom stereocenters. The summed E-state index contributed by atoms with van der Waals surface area (Å²) in [5.41, 5.74) is 2.86. The molecule has 0 aliphatic rings. The Bertz CT molecular complexity index is 584. The molecule has 2 aromatic rings. The molecule has 0 radical (unpaired) electrons. The van der Waals surface area contributed by atoms with Crippen LogP contribution in [0.3, 0.4) is 0 Å². The molecule has 0 spiro atoms. The second-order valence-electron chi connectivity index (χ2n) is 4.57. The number of benzene rings is 1. The number of hydrogen-bond donors (Lipinski definition) is 2. The summed E-state index contributed by atoms with van der Waals surface area (Å²) in [5.74, 6) is 0.506. The van der Waals surface area contributed by atoms with Crippen LogP contribution >= 0.6 is 0 Å². The zero-order chi connectivity index (χ0) is 14.4. The molecule has 0 aliphatic heterocycles. The van der Waals surface area contributed by atoms with E-state index in [-0.39, 0.29) is 5.91 Å². The van der Waals surface area contributed by atoms with Gasteiger partial charge in [0.1, 0.15) is 0 Å². The maximum atomic E-state index is 12.0. The summed E-state index contributed by atoms with van der Waals surface area (Å²) in [5, 5.41) is 5.91. The van der Waals surface area contributed by atoms with E-state index in [1.807, 2.05) is 32.0 Å². The van der Waals surface area contributed by atoms with Crippen molar-refractivity contribution in [3.63, 3.8) is 0 Å². The lowest BCUT2D eigenvalue weighted by Crippen LogP contribution is -2.29. The first kappa shape index (κ1) is 14.0. The van der Waals surface area contributed by atoms with Crippen LogP contribution < -0.4 is 10.6 Å². The molecule has 1 heterocycles. The van der Waals surface area contributed by atoms with E-state index in [0.29, 0.717) is 24.6 Å². The summed E-state index contributed by atoms with van der Waals surface area (Å²) in [6.45, 7) is 5.06. The van der Waals surface area contributed by atoms with Crippen molar-refractivity contribution in [2.75, 3.05) is 18.4 Å². The lowest BCUT2D eigenvalue weighted by molar-refractivity contribution is 0.0954. The van der Waals surface area contributed by atoms with Gasteiger partial charge in [-0.15, -0.1) is 0 Å². The quantitative estimate of drug-likeness (QED) is 0.815. The van der Waals surface area contributed by atoms with Gasteiger partial charge in [0.05, 0.1) is 0 Å². The van der Waals surface area contributed by atoms with Crippen molar-refractivity contribution in [1.29, 1.82) is 0 Å². The Morgan fingerprint density at radius 2 is 1.90 bits per heavy atom. The third-order valence-corrected chi connectivity index (χ3v) is 2.89. The minimum absolute atomic E-state index is 0.0571. The Hall–Kier alpha value is -2.43. The van der Waals surface area contributed by atoms with E-state index in [2.05, 4.69) is 20.6 Å². The topological polar surface area (TPSA) is 66.9 Å². The number of carbonyl (C=O) groups is 1. The van der Waals surface area contributed by atoms with Gasteiger partial charge < -0.3 is 10.6 Å². The highest BCUT2D eigenvalue weighted by molar-refractivity contribution is 5.95. The molecule has 104 valence electrons. The van der Waals surface area contributed by atoms with Crippen molar-refractivity contribution >= 4 is 11.9 Å². The molecule has 5 nitrogen and oxygen atoms in total. The summed E-state index contributed by atoms with van der Waals surface area (Å²) in [6, 6.07) is 7.56. The van der Waals surface area contributed by atoms with Gasteiger partial charge in [-0.05, 0) is 31.5 Å². The molecule has 20 heavy (non-hydrogen) atoms. The first-order valence-corrected chi connectivity index (χ1v) is 6.53. The van der Waals surface area contributed by atoms with Crippen molar-refractivity contribution in [3.05, 3.63) is 53.3 Å². The highest BCUT2D eigenvalue weighted by Crippen LogP contribution is 2.10. The highest BCUT2D eigenvalue weighted by Gasteiger charge is 2.07. The number of amides is 1. The van der Waals surface area contributed by atoms with Crippen molar-refractivity contribution in [2.24, 2.45) is 0 Å². The average molecular weight is 270 g/mol. The highest BCUT2D eigenvalue weighted by atomic mass is 16.1. The Morgan fingerprint density at radius 1 is 1.15 bits per heavy atom. The van der Waals surface area contributed by atoms with Crippen LogP contribution in [0.1, 0.15) is 21.5 Å². The van der Waals surface area contributed by atoms with Gasteiger partial charge in [0.2, 0.25) is 5.95 Å². The van der Waals surface area contributed by atoms with Gasteiger partial charge in [0.15, 0.2) is 0 Å². The first-order valence-electron chi connectivity index (χ1n) is 6.53. The van der Waals surface area contributed by atoms with Gasteiger partial charge in [-0.1, -0.05) is 17.7 Å². The van der Waals surface area contributed by atoms with Crippen molar-refractivity contribution < 1.29 is 4.79 Å². The molecule has 5 heteroatoms. The molecule has 1 aromatic heterocycles. The van der Waals surface area contributed by atoms with Gasteiger partial charge >= 0.3 is 0 Å². The van der Waals surface area contributed by atoms with Gasteiger partial charge in [-0.3, -0.25) is 4.79 Å². The van der Waals surface area contributed by atoms with Crippen LogP contribution in [0, 0.1) is 13.8 Å². The predicted molar refractivity (Wildman–Crippen MR) is 78.8 cm³/mol. The van der Waals surface area contributed by atoms with Crippen molar-refractivity contribution in [3.8, 4) is 0 Å². The molecule has 1 aromatic carbocycles. The largest absolute Gasteiger partial charge is 0.352 e. The molecule has 2 rings (SSSR count). The predicted octanol–water partition coefficient (Wildman–Crippen LogP) is 1.94. The maximum absolute atomic E-state index is 12.0. The fraction of sp³-hybridized carbons (Fsp3) is 0.267. The van der Waals surface area contributed by atoms with Gasteiger partial charge in [0, 0.05) is 31.0 Å². The van der Waals surface area contributed by atoms with E-state index >= 15 is 0 Å². The zero-order valence-corrected chi connectivity index (χ0v) is 11.7. The van der Waals surface area contributed by atoms with Gasteiger partial charge in [-0.25, -0.2) is 9.97 Å². The number of rotatable bonds is 5. The van der Waals surface area contributed by atoms with Crippen LogP contribution in [-0.4, -0.2) is 29.0 Å². The zero-order valence-electron chi connectivity index (χ0n) is 11.7.